The minimum Gasteiger partial charge on any atom is -0.376 e. The molecule has 0 atom stereocenters. The molecule has 0 bridgehead atoms. The first kappa shape index (κ1) is 6.55. The van der Waals surface area contributed by atoms with Crippen LogP contribution in [-0.4, -0.2) is 11.7 Å². The van der Waals surface area contributed by atoms with Gasteiger partial charge in [-0.05, 0) is 31.1 Å². The molecule has 0 saturated heterocycles. The summed E-state index contributed by atoms with van der Waals surface area (Å²) in [4.78, 5) is 0. The van der Waals surface area contributed by atoms with Crippen molar-refractivity contribution in [3.8, 4) is 0 Å². The molecule has 0 fully saturated rings. The summed E-state index contributed by atoms with van der Waals surface area (Å²) in [7, 11) is 0. The highest BCUT2D eigenvalue weighted by Crippen LogP contribution is 2.28. The molecule has 50 valence electrons. The fraction of sp³-hybridized carbons (Fsp3) is 0.500. The number of nitrogens with one attached hydrogen (secondary N) is 1. The second-order valence-corrected chi connectivity index (χ2v) is 2.72. The van der Waals surface area contributed by atoms with Crippen molar-refractivity contribution >= 4 is 17.3 Å². The Labute approximate surface area is 60.1 Å². The van der Waals surface area contributed by atoms with Crippen LogP contribution < -0.4 is 11.1 Å². The summed E-state index contributed by atoms with van der Waals surface area (Å²) in [5.74, 6) is 0. The lowest BCUT2D eigenvalue weighted by atomic mass is 10.5. The molecule has 0 aliphatic heterocycles. The third-order valence-corrected chi connectivity index (χ3v) is 1.58. The second kappa shape index (κ2) is 2.35. The molecule has 2 nitrogen and oxygen atoms in total. The summed E-state index contributed by atoms with van der Waals surface area (Å²) in [6.45, 7) is 2.97. The summed E-state index contributed by atoms with van der Waals surface area (Å²) < 4.78 is 0. The van der Waals surface area contributed by atoms with E-state index in [1.54, 1.807) is 0 Å². The molecule has 3 N–H and O–H groups in total. The average Bonchev–Trinajstić information content (AvgIpc) is 2.42. The van der Waals surface area contributed by atoms with Gasteiger partial charge < -0.3 is 11.1 Å². The van der Waals surface area contributed by atoms with Crippen LogP contribution in [0.2, 0.25) is 0 Å². The lowest BCUT2D eigenvalue weighted by Gasteiger charge is -1.96. The van der Waals surface area contributed by atoms with Gasteiger partial charge in [0.1, 0.15) is 0 Å². The third-order valence-electron chi connectivity index (χ3n) is 1.43. The van der Waals surface area contributed by atoms with Crippen molar-refractivity contribution in [2.24, 2.45) is 5.73 Å². The molecule has 1 aliphatic carbocycles. The maximum atomic E-state index is 5.21. The first-order valence-corrected chi connectivity index (χ1v) is 3.32. The summed E-state index contributed by atoms with van der Waals surface area (Å²) in [5, 5.41) is 3.28. The van der Waals surface area contributed by atoms with Gasteiger partial charge in [0.2, 0.25) is 0 Å². The molecule has 0 unspecified atom stereocenters. The summed E-state index contributed by atoms with van der Waals surface area (Å²) in [6, 6.07) is 0. The van der Waals surface area contributed by atoms with Crippen LogP contribution in [0.1, 0.15) is 13.3 Å². The topological polar surface area (TPSA) is 38.0 Å². The van der Waals surface area contributed by atoms with Gasteiger partial charge in [0.05, 0.1) is 0 Å². The summed E-state index contributed by atoms with van der Waals surface area (Å²) >= 11 is 4.62. The molecule has 0 amide bonds. The lowest BCUT2D eigenvalue weighted by Crippen LogP contribution is -2.29. The number of hydrogen-bond donors (Lipinski definition) is 2. The van der Waals surface area contributed by atoms with E-state index >= 15 is 0 Å². The van der Waals surface area contributed by atoms with Crippen molar-refractivity contribution in [3.63, 3.8) is 0 Å². The van der Waals surface area contributed by atoms with Gasteiger partial charge in [0, 0.05) is 6.54 Å². The highest BCUT2D eigenvalue weighted by molar-refractivity contribution is 7.80. The molecule has 1 rings (SSSR count). The van der Waals surface area contributed by atoms with Gasteiger partial charge in [0.15, 0.2) is 5.11 Å². The molecule has 3 heteroatoms. The largest absolute Gasteiger partial charge is 0.376 e. The second-order valence-electron chi connectivity index (χ2n) is 2.28. The Bertz CT molecular complexity index is 172. The van der Waals surface area contributed by atoms with Crippen LogP contribution in [0.25, 0.3) is 0 Å². The van der Waals surface area contributed by atoms with Crippen LogP contribution in [0.3, 0.4) is 0 Å². The maximum absolute atomic E-state index is 5.21. The van der Waals surface area contributed by atoms with Gasteiger partial charge in [-0.15, -0.1) is 0 Å². The fourth-order valence-electron chi connectivity index (χ4n) is 0.683. The molecular formula is C6H10N2S. The Balaban J connectivity index is 2.14. The molecule has 0 saturated carbocycles. The van der Waals surface area contributed by atoms with E-state index < -0.39 is 0 Å². The summed E-state index contributed by atoms with van der Waals surface area (Å²) in [5.41, 5.74) is 8.13. The number of hydrogen-bond acceptors (Lipinski definition) is 1. The molecule has 0 spiro atoms. The Hall–Kier alpha value is -0.570. The molecule has 0 heterocycles. The Morgan fingerprint density at radius 2 is 2.44 bits per heavy atom. The minimum absolute atomic E-state index is 0.391. The standard InChI is InChI=1S/C6H10N2S/c1-4-2-5(4)3-8-6(7)9/h2-3H2,1H3,(H3,7,8,9). The van der Waals surface area contributed by atoms with E-state index in [2.05, 4.69) is 24.5 Å². The van der Waals surface area contributed by atoms with Crippen molar-refractivity contribution in [3.05, 3.63) is 11.1 Å². The van der Waals surface area contributed by atoms with Crippen LogP contribution in [-0.2, 0) is 0 Å². The number of nitrogens with two attached hydrogens (primary N) is 1. The quantitative estimate of drug-likeness (QED) is 0.436. The minimum atomic E-state index is 0.391. The SMILES string of the molecule is CC1=C(CNC(N)=S)C1. The monoisotopic (exact) mass is 142 g/mol. The predicted molar refractivity (Wildman–Crippen MR) is 42.1 cm³/mol. The van der Waals surface area contributed by atoms with E-state index in [-0.39, 0.29) is 0 Å². The molecule has 0 aromatic heterocycles. The van der Waals surface area contributed by atoms with Crippen molar-refractivity contribution in [2.45, 2.75) is 13.3 Å². The lowest BCUT2D eigenvalue weighted by molar-refractivity contribution is 1.01. The molecule has 0 radical (unpaired) electrons. The van der Waals surface area contributed by atoms with Crippen LogP contribution in [0, 0.1) is 0 Å². The van der Waals surface area contributed by atoms with Crippen molar-refractivity contribution in [1.82, 2.24) is 5.32 Å². The zero-order valence-corrected chi connectivity index (χ0v) is 6.22. The highest BCUT2D eigenvalue weighted by Gasteiger charge is 2.14. The van der Waals surface area contributed by atoms with Gasteiger partial charge in [-0.25, -0.2) is 0 Å². The predicted octanol–water partition coefficient (Wildman–Crippen LogP) is 0.540. The normalized spacial score (nSPS) is 15.7. The van der Waals surface area contributed by atoms with Crippen molar-refractivity contribution in [1.29, 1.82) is 0 Å². The Kier molecular flexibility index (Phi) is 1.71. The zero-order valence-electron chi connectivity index (χ0n) is 5.40. The van der Waals surface area contributed by atoms with E-state index in [1.165, 1.54) is 11.1 Å². The van der Waals surface area contributed by atoms with E-state index in [9.17, 15) is 0 Å². The average molecular weight is 142 g/mol. The van der Waals surface area contributed by atoms with Crippen molar-refractivity contribution < 1.29 is 0 Å². The van der Waals surface area contributed by atoms with Gasteiger partial charge in [-0.2, -0.15) is 0 Å². The van der Waals surface area contributed by atoms with Gasteiger partial charge in [0.25, 0.3) is 0 Å². The first-order chi connectivity index (χ1) is 4.20. The number of rotatable bonds is 2. The van der Waals surface area contributed by atoms with Crippen LogP contribution in [0.15, 0.2) is 11.1 Å². The van der Waals surface area contributed by atoms with Crippen molar-refractivity contribution in [2.75, 3.05) is 6.54 Å². The maximum Gasteiger partial charge on any atom is 0.163 e. The van der Waals surface area contributed by atoms with Crippen LogP contribution >= 0.6 is 12.2 Å². The fourth-order valence-corrected chi connectivity index (χ4v) is 0.755. The number of thiocarbonyl (C=S) groups is 1. The molecule has 9 heavy (non-hydrogen) atoms. The molecule has 0 aromatic rings. The van der Waals surface area contributed by atoms with E-state index in [0.717, 1.165) is 13.0 Å². The number of allylic oxidation sites excluding steroid dienone is 1. The van der Waals surface area contributed by atoms with Gasteiger partial charge in [-0.3, -0.25) is 0 Å². The van der Waals surface area contributed by atoms with Crippen LogP contribution in [0.5, 0.6) is 0 Å². The first-order valence-electron chi connectivity index (χ1n) is 2.91. The highest BCUT2D eigenvalue weighted by atomic mass is 32.1. The summed E-state index contributed by atoms with van der Waals surface area (Å²) in [6.07, 6.45) is 1.16. The molecule has 0 aromatic carbocycles. The van der Waals surface area contributed by atoms with E-state index in [1.807, 2.05) is 0 Å². The van der Waals surface area contributed by atoms with Gasteiger partial charge >= 0.3 is 0 Å². The van der Waals surface area contributed by atoms with Gasteiger partial charge in [-0.1, -0.05) is 5.57 Å². The molecular weight excluding hydrogens is 132 g/mol. The zero-order chi connectivity index (χ0) is 6.85. The van der Waals surface area contributed by atoms with E-state index in [4.69, 9.17) is 5.73 Å². The Morgan fingerprint density at radius 3 is 2.78 bits per heavy atom. The van der Waals surface area contributed by atoms with Crippen LogP contribution in [0.4, 0.5) is 0 Å². The smallest absolute Gasteiger partial charge is 0.163 e. The van der Waals surface area contributed by atoms with E-state index in [0.29, 0.717) is 5.11 Å². The Morgan fingerprint density at radius 1 is 1.89 bits per heavy atom. The molecule has 1 aliphatic rings. The third kappa shape index (κ3) is 2.01.